The summed E-state index contributed by atoms with van der Waals surface area (Å²) in [6.45, 7) is 14.3. The highest BCUT2D eigenvalue weighted by molar-refractivity contribution is 7.80. The van der Waals surface area contributed by atoms with Crippen molar-refractivity contribution in [1.29, 1.82) is 0 Å². The summed E-state index contributed by atoms with van der Waals surface area (Å²) in [6.07, 6.45) is -0.316. The van der Waals surface area contributed by atoms with Crippen molar-refractivity contribution in [3.63, 3.8) is 0 Å². The van der Waals surface area contributed by atoms with Gasteiger partial charge in [0.2, 0.25) is 5.91 Å². The summed E-state index contributed by atoms with van der Waals surface area (Å²) in [7, 11) is -2.09. The Kier molecular flexibility index (Phi) is 7.55. The molecule has 1 aromatic carbocycles. The molecule has 0 saturated carbocycles. The average molecular weight is 470 g/mol. The molecule has 0 radical (unpaired) electrons. The van der Waals surface area contributed by atoms with Crippen molar-refractivity contribution in [3.8, 4) is 0 Å². The minimum Gasteiger partial charge on any atom is -0.480 e. The van der Waals surface area contributed by atoms with Gasteiger partial charge in [0.15, 0.2) is 8.32 Å². The van der Waals surface area contributed by atoms with Gasteiger partial charge in [0.25, 0.3) is 0 Å². The number of amides is 1. The number of benzene rings is 1. The first-order chi connectivity index (χ1) is 13.7. The second kappa shape index (κ2) is 9.07. The molecule has 5 nitrogen and oxygen atoms in total. The van der Waals surface area contributed by atoms with Crippen molar-refractivity contribution in [2.24, 2.45) is 11.8 Å². The molecule has 166 valence electrons. The van der Waals surface area contributed by atoms with Gasteiger partial charge in [-0.1, -0.05) is 63.6 Å². The minimum absolute atomic E-state index is 0.00846. The maximum atomic E-state index is 12.9. The predicted molar refractivity (Wildman–Crippen MR) is 127 cm³/mol. The van der Waals surface area contributed by atoms with Crippen LogP contribution < -0.4 is 0 Å². The number of carbonyl (C=O) groups excluding carboxylic acids is 1. The second-order valence-electron chi connectivity index (χ2n) is 9.62. The van der Waals surface area contributed by atoms with E-state index in [2.05, 4.69) is 33.9 Å². The van der Waals surface area contributed by atoms with E-state index in [1.807, 2.05) is 26.0 Å². The van der Waals surface area contributed by atoms with E-state index >= 15 is 0 Å². The maximum absolute atomic E-state index is 12.9. The summed E-state index contributed by atoms with van der Waals surface area (Å²) in [4.78, 5) is 26.4. The number of nitrogens with zero attached hydrogens (tertiary/aromatic N) is 1. The smallest absolute Gasteiger partial charge is 0.323 e. The molecular weight excluding hydrogens is 438 g/mol. The molecule has 1 aromatic rings. The molecule has 2 unspecified atom stereocenters. The molecule has 1 aliphatic rings. The Morgan fingerprint density at radius 2 is 1.80 bits per heavy atom. The van der Waals surface area contributed by atoms with E-state index in [0.717, 1.165) is 5.56 Å². The zero-order chi connectivity index (χ0) is 23.0. The van der Waals surface area contributed by atoms with Crippen molar-refractivity contribution in [1.82, 2.24) is 4.90 Å². The largest absolute Gasteiger partial charge is 0.480 e. The lowest BCUT2D eigenvalue weighted by atomic mass is 9.74. The van der Waals surface area contributed by atoms with Crippen LogP contribution in [0, 0.1) is 11.8 Å². The number of aliphatic carboxylic acids is 1. The van der Waals surface area contributed by atoms with Crippen LogP contribution in [0.2, 0.25) is 23.2 Å². The molecule has 1 N–H and O–H groups in total. The first-order valence-corrected chi connectivity index (χ1v) is 13.9. The summed E-state index contributed by atoms with van der Waals surface area (Å²) < 4.78 is 6.49. The Bertz CT molecular complexity index is 821. The fourth-order valence-corrected chi connectivity index (χ4v) is 5.56. The zero-order valence-electron chi connectivity index (χ0n) is 18.7. The summed E-state index contributed by atoms with van der Waals surface area (Å²) in [5.41, 5.74) is 0.855. The lowest BCUT2D eigenvalue weighted by molar-refractivity contribution is -0.170. The zero-order valence-corrected chi connectivity index (χ0v) is 21.3. The van der Waals surface area contributed by atoms with Crippen LogP contribution in [0.3, 0.4) is 0 Å². The molecule has 2 rings (SSSR count). The molecule has 8 heteroatoms. The van der Waals surface area contributed by atoms with Crippen LogP contribution in [-0.4, -0.2) is 53.8 Å². The highest BCUT2D eigenvalue weighted by atomic mass is 35.5. The van der Waals surface area contributed by atoms with E-state index in [1.54, 1.807) is 12.1 Å². The molecule has 4 atom stereocenters. The van der Waals surface area contributed by atoms with Gasteiger partial charge in [-0.25, -0.2) is 0 Å². The molecule has 0 bridgehead atoms. The fraction of sp³-hybridized carbons (Fsp3) is 0.591. The Balaban J connectivity index is 2.30. The van der Waals surface area contributed by atoms with Gasteiger partial charge in [-0.3, -0.25) is 9.59 Å². The number of carboxylic acid groups (broad SMARTS) is 1. The highest BCUT2D eigenvalue weighted by Crippen LogP contribution is 2.42. The lowest BCUT2D eigenvalue weighted by Crippen LogP contribution is -2.69. The third kappa shape index (κ3) is 5.13. The van der Waals surface area contributed by atoms with Crippen molar-refractivity contribution in [3.05, 3.63) is 34.9 Å². The molecule has 1 fully saturated rings. The van der Waals surface area contributed by atoms with Crippen LogP contribution in [-0.2, 0) is 14.0 Å². The number of hydrogen-bond acceptors (Lipinski definition) is 4. The van der Waals surface area contributed by atoms with E-state index in [1.165, 1.54) is 4.90 Å². The van der Waals surface area contributed by atoms with Gasteiger partial charge in [0.1, 0.15) is 6.54 Å². The van der Waals surface area contributed by atoms with E-state index in [4.69, 9.17) is 28.2 Å². The van der Waals surface area contributed by atoms with Gasteiger partial charge in [-0.2, -0.15) is 0 Å². The normalized spacial score (nSPS) is 21.7. The SMILES string of the molecule is C[C@@H](O[Si](C)(C)C(C)(C)C)C1C(=O)N(CC(=O)O)C1[C@@H](C)C(=S)c1ccc(Cl)cc1. The van der Waals surface area contributed by atoms with E-state index in [0.29, 0.717) is 9.89 Å². The molecule has 1 heterocycles. The monoisotopic (exact) mass is 469 g/mol. The van der Waals surface area contributed by atoms with Crippen LogP contribution in [0.1, 0.15) is 40.2 Å². The minimum atomic E-state index is -2.09. The van der Waals surface area contributed by atoms with Gasteiger partial charge in [0.05, 0.1) is 18.1 Å². The number of carboxylic acids is 1. The van der Waals surface area contributed by atoms with Crippen molar-refractivity contribution >= 4 is 48.9 Å². The number of halogens is 1. The molecule has 0 aromatic heterocycles. The molecule has 30 heavy (non-hydrogen) atoms. The van der Waals surface area contributed by atoms with Crippen LogP contribution in [0.15, 0.2) is 24.3 Å². The number of rotatable bonds is 8. The number of carbonyl (C=O) groups is 2. The van der Waals surface area contributed by atoms with Gasteiger partial charge < -0.3 is 14.4 Å². The molecule has 0 spiro atoms. The summed E-state index contributed by atoms with van der Waals surface area (Å²) >= 11 is 11.7. The van der Waals surface area contributed by atoms with Crippen LogP contribution in [0.25, 0.3) is 0 Å². The summed E-state index contributed by atoms with van der Waals surface area (Å²) in [5.74, 6) is -1.83. The second-order valence-corrected chi connectivity index (χ2v) is 15.3. The van der Waals surface area contributed by atoms with Gasteiger partial charge in [-0.05, 0) is 42.8 Å². The standard InChI is InChI=1S/C22H32ClNO4SSi/c1-13(20(29)15-8-10-16(23)11-9-15)19-18(21(27)24(19)12-17(25)26)14(2)28-30(6,7)22(3,4)5/h8-11,13-14,18-19H,12H2,1-7H3,(H,25,26)/t13-,14-,18?,19?/m1/s1. The highest BCUT2D eigenvalue weighted by Gasteiger charge is 2.55. The molecule has 0 aliphatic carbocycles. The van der Waals surface area contributed by atoms with E-state index in [9.17, 15) is 14.7 Å². The van der Waals surface area contributed by atoms with Gasteiger partial charge >= 0.3 is 5.97 Å². The average Bonchev–Trinajstić information content (AvgIpc) is 2.61. The summed E-state index contributed by atoms with van der Waals surface area (Å²) in [6, 6.07) is 6.94. The van der Waals surface area contributed by atoms with Crippen molar-refractivity contribution < 1.29 is 19.1 Å². The molecular formula is C22H32ClNO4SSi. The predicted octanol–water partition coefficient (Wildman–Crippen LogP) is 5.02. The Morgan fingerprint density at radius 3 is 2.27 bits per heavy atom. The maximum Gasteiger partial charge on any atom is 0.323 e. The number of β-lactam (4-membered cyclic amide) rings is 1. The first kappa shape index (κ1) is 25.0. The quantitative estimate of drug-likeness (QED) is 0.250. The van der Waals surface area contributed by atoms with E-state index in [-0.39, 0.29) is 35.6 Å². The first-order valence-electron chi connectivity index (χ1n) is 10.2. The number of likely N-dealkylation sites (tertiary alicyclic amines) is 1. The number of hydrogen-bond donors (Lipinski definition) is 1. The topological polar surface area (TPSA) is 66.8 Å². The van der Waals surface area contributed by atoms with Crippen LogP contribution in [0.5, 0.6) is 0 Å². The molecule has 1 aliphatic heterocycles. The van der Waals surface area contributed by atoms with Crippen molar-refractivity contribution in [2.75, 3.05) is 6.54 Å². The van der Waals surface area contributed by atoms with Crippen LogP contribution in [0.4, 0.5) is 0 Å². The molecule has 1 saturated heterocycles. The fourth-order valence-electron chi connectivity index (χ4n) is 3.73. The lowest BCUT2D eigenvalue weighted by Gasteiger charge is -2.53. The number of thiocarbonyl (C=S) groups is 1. The Labute approximate surface area is 190 Å². The van der Waals surface area contributed by atoms with E-state index < -0.39 is 20.2 Å². The molecule has 1 amide bonds. The Morgan fingerprint density at radius 1 is 1.27 bits per heavy atom. The third-order valence-corrected chi connectivity index (χ3v) is 11.9. The van der Waals surface area contributed by atoms with Gasteiger partial charge in [0, 0.05) is 15.8 Å². The summed E-state index contributed by atoms with van der Waals surface area (Å²) in [5, 5.41) is 9.93. The van der Waals surface area contributed by atoms with Crippen LogP contribution >= 0.6 is 23.8 Å². The Hall–Kier alpha value is -1.28. The van der Waals surface area contributed by atoms with Crippen molar-refractivity contribution in [2.45, 2.75) is 64.9 Å². The van der Waals surface area contributed by atoms with Gasteiger partial charge in [-0.15, -0.1) is 0 Å². The third-order valence-electron chi connectivity index (χ3n) is 6.45.